The highest BCUT2D eigenvalue weighted by Gasteiger charge is 2.24. The number of hydrogen-bond donors (Lipinski definition) is 1. The number of ether oxygens (including phenoxy) is 3. The Morgan fingerprint density at radius 3 is 2.38 bits per heavy atom. The van der Waals surface area contributed by atoms with E-state index in [4.69, 9.17) is 9.47 Å². The number of likely N-dealkylation sites (tertiary alicyclic amines) is 1. The number of esters is 1. The molecule has 1 fully saturated rings. The predicted molar refractivity (Wildman–Crippen MR) is 107 cm³/mol. The van der Waals surface area contributed by atoms with Gasteiger partial charge in [0.1, 0.15) is 11.5 Å². The SMILES string of the molecule is COC(=O)CCCC(=O)N1CCC[C@@H](CNC(=O)c2cc(OC)cc(OC)c2)C1. The van der Waals surface area contributed by atoms with Crippen LogP contribution in [0.25, 0.3) is 0 Å². The van der Waals surface area contributed by atoms with Gasteiger partial charge in [0.25, 0.3) is 5.91 Å². The van der Waals surface area contributed by atoms with Gasteiger partial charge in [-0.3, -0.25) is 14.4 Å². The lowest BCUT2D eigenvalue weighted by molar-refractivity contribution is -0.141. The highest BCUT2D eigenvalue weighted by molar-refractivity contribution is 5.95. The van der Waals surface area contributed by atoms with Crippen LogP contribution >= 0.6 is 0 Å². The molecule has 1 aromatic rings. The number of amides is 2. The van der Waals surface area contributed by atoms with Crippen molar-refractivity contribution < 1.29 is 28.6 Å². The molecule has 2 rings (SSSR count). The van der Waals surface area contributed by atoms with Crippen molar-refractivity contribution >= 4 is 17.8 Å². The zero-order chi connectivity index (χ0) is 21.2. The molecule has 0 bridgehead atoms. The normalized spacial score (nSPS) is 16.1. The van der Waals surface area contributed by atoms with Gasteiger partial charge >= 0.3 is 5.97 Å². The molecular weight excluding hydrogens is 376 g/mol. The Labute approximate surface area is 171 Å². The molecule has 0 radical (unpaired) electrons. The third-order valence-electron chi connectivity index (χ3n) is 5.04. The summed E-state index contributed by atoms with van der Waals surface area (Å²) >= 11 is 0. The van der Waals surface area contributed by atoms with Gasteiger partial charge in [0.05, 0.1) is 21.3 Å². The molecule has 8 heteroatoms. The quantitative estimate of drug-likeness (QED) is 0.631. The lowest BCUT2D eigenvalue weighted by atomic mass is 9.97. The van der Waals surface area contributed by atoms with Crippen molar-refractivity contribution in [2.24, 2.45) is 5.92 Å². The van der Waals surface area contributed by atoms with E-state index >= 15 is 0 Å². The second kappa shape index (κ2) is 11.3. The average molecular weight is 406 g/mol. The maximum Gasteiger partial charge on any atom is 0.305 e. The first-order valence-corrected chi connectivity index (χ1v) is 9.82. The summed E-state index contributed by atoms with van der Waals surface area (Å²) < 4.78 is 15.0. The summed E-state index contributed by atoms with van der Waals surface area (Å²) in [6, 6.07) is 5.04. The van der Waals surface area contributed by atoms with Crippen molar-refractivity contribution in [3.63, 3.8) is 0 Å². The lowest BCUT2D eigenvalue weighted by Gasteiger charge is -2.33. The number of benzene rings is 1. The van der Waals surface area contributed by atoms with Gasteiger partial charge < -0.3 is 24.4 Å². The van der Waals surface area contributed by atoms with Crippen LogP contribution in [0.5, 0.6) is 11.5 Å². The summed E-state index contributed by atoms with van der Waals surface area (Å²) in [6.45, 7) is 1.82. The molecule has 0 saturated carbocycles. The number of hydrogen-bond acceptors (Lipinski definition) is 6. The van der Waals surface area contributed by atoms with Crippen LogP contribution in [0, 0.1) is 5.92 Å². The van der Waals surface area contributed by atoms with Crippen LogP contribution in [-0.4, -0.2) is 63.6 Å². The Balaban J connectivity index is 1.83. The molecule has 1 aromatic carbocycles. The summed E-state index contributed by atoms with van der Waals surface area (Å²) in [4.78, 5) is 37.9. The monoisotopic (exact) mass is 406 g/mol. The van der Waals surface area contributed by atoms with Crippen LogP contribution in [0.2, 0.25) is 0 Å². The van der Waals surface area contributed by atoms with E-state index < -0.39 is 0 Å². The van der Waals surface area contributed by atoms with Gasteiger partial charge in [-0.2, -0.15) is 0 Å². The number of piperidine rings is 1. The van der Waals surface area contributed by atoms with E-state index in [1.807, 2.05) is 4.90 Å². The molecule has 1 saturated heterocycles. The molecule has 1 aliphatic heterocycles. The Hall–Kier alpha value is -2.77. The maximum atomic E-state index is 12.5. The van der Waals surface area contributed by atoms with Crippen LogP contribution in [0.4, 0.5) is 0 Å². The van der Waals surface area contributed by atoms with Crippen molar-refractivity contribution in [1.82, 2.24) is 10.2 Å². The largest absolute Gasteiger partial charge is 0.497 e. The van der Waals surface area contributed by atoms with E-state index in [9.17, 15) is 14.4 Å². The minimum absolute atomic E-state index is 0.0439. The summed E-state index contributed by atoms with van der Waals surface area (Å²) in [5.41, 5.74) is 0.466. The fourth-order valence-corrected chi connectivity index (χ4v) is 3.38. The predicted octanol–water partition coefficient (Wildman–Crippen LogP) is 2.02. The standard InChI is InChI=1S/C21H30N2O6/c1-27-17-10-16(11-18(12-17)28-2)21(26)22-13-15-6-5-9-23(14-15)19(24)7-4-8-20(25)29-3/h10-12,15H,4-9,13-14H2,1-3H3,(H,22,26)/t15-/m0/s1. The van der Waals surface area contributed by atoms with E-state index in [2.05, 4.69) is 10.1 Å². The minimum atomic E-state index is -0.300. The Kier molecular flexibility index (Phi) is 8.76. The topological polar surface area (TPSA) is 94.2 Å². The lowest BCUT2D eigenvalue weighted by Crippen LogP contribution is -2.43. The van der Waals surface area contributed by atoms with Gasteiger partial charge in [-0.1, -0.05) is 0 Å². The molecule has 29 heavy (non-hydrogen) atoms. The summed E-state index contributed by atoms with van der Waals surface area (Å²) in [5, 5.41) is 2.95. The maximum absolute atomic E-state index is 12.5. The Morgan fingerprint density at radius 1 is 1.07 bits per heavy atom. The second-order valence-corrected chi connectivity index (χ2v) is 7.09. The molecule has 1 N–H and O–H groups in total. The van der Waals surface area contributed by atoms with Gasteiger partial charge in [-0.25, -0.2) is 0 Å². The van der Waals surface area contributed by atoms with Crippen LogP contribution < -0.4 is 14.8 Å². The first-order valence-electron chi connectivity index (χ1n) is 9.82. The van der Waals surface area contributed by atoms with E-state index in [1.165, 1.54) is 21.3 Å². The highest BCUT2D eigenvalue weighted by atomic mass is 16.5. The van der Waals surface area contributed by atoms with Crippen molar-refractivity contribution in [3.05, 3.63) is 23.8 Å². The van der Waals surface area contributed by atoms with Crippen LogP contribution in [0.3, 0.4) is 0 Å². The third-order valence-corrected chi connectivity index (χ3v) is 5.04. The Bertz CT molecular complexity index is 699. The van der Waals surface area contributed by atoms with Gasteiger partial charge in [-0.15, -0.1) is 0 Å². The molecular formula is C21H30N2O6. The number of carbonyl (C=O) groups is 3. The van der Waals surface area contributed by atoms with Crippen LogP contribution in [0.15, 0.2) is 18.2 Å². The van der Waals surface area contributed by atoms with Crippen LogP contribution in [0.1, 0.15) is 42.5 Å². The van der Waals surface area contributed by atoms with Crippen molar-refractivity contribution in [1.29, 1.82) is 0 Å². The number of carbonyl (C=O) groups excluding carboxylic acids is 3. The van der Waals surface area contributed by atoms with E-state index in [-0.39, 0.29) is 30.1 Å². The Morgan fingerprint density at radius 2 is 1.76 bits per heavy atom. The molecule has 0 aromatic heterocycles. The van der Waals surface area contributed by atoms with E-state index in [0.717, 1.165) is 12.8 Å². The first kappa shape index (κ1) is 22.5. The molecule has 160 valence electrons. The number of nitrogens with one attached hydrogen (secondary N) is 1. The minimum Gasteiger partial charge on any atom is -0.497 e. The van der Waals surface area contributed by atoms with Crippen molar-refractivity contribution in [2.75, 3.05) is 41.0 Å². The van der Waals surface area contributed by atoms with Gasteiger partial charge in [0.2, 0.25) is 5.91 Å². The average Bonchev–Trinajstić information content (AvgIpc) is 2.76. The fraction of sp³-hybridized carbons (Fsp3) is 0.571. The van der Waals surface area contributed by atoms with Crippen molar-refractivity contribution in [3.8, 4) is 11.5 Å². The number of nitrogens with zero attached hydrogens (tertiary/aromatic N) is 1. The van der Waals surface area contributed by atoms with Gasteiger partial charge in [0.15, 0.2) is 0 Å². The van der Waals surface area contributed by atoms with Crippen LogP contribution in [-0.2, 0) is 14.3 Å². The summed E-state index contributed by atoms with van der Waals surface area (Å²) in [6.07, 6.45) is 2.92. The molecule has 0 unspecified atom stereocenters. The molecule has 0 aliphatic carbocycles. The molecule has 1 atom stereocenters. The summed E-state index contributed by atoms with van der Waals surface area (Å²) in [7, 11) is 4.42. The molecule has 1 aliphatic rings. The molecule has 1 heterocycles. The van der Waals surface area contributed by atoms with Gasteiger partial charge in [-0.05, 0) is 37.3 Å². The molecule has 8 nitrogen and oxygen atoms in total. The van der Waals surface area contributed by atoms with Crippen molar-refractivity contribution in [2.45, 2.75) is 32.1 Å². The first-order chi connectivity index (χ1) is 14.0. The van der Waals surface area contributed by atoms with Gasteiger partial charge in [0, 0.05) is 44.1 Å². The third kappa shape index (κ3) is 6.96. The fourth-order valence-electron chi connectivity index (χ4n) is 3.38. The highest BCUT2D eigenvalue weighted by Crippen LogP contribution is 2.23. The second-order valence-electron chi connectivity index (χ2n) is 7.09. The molecule has 0 spiro atoms. The smallest absolute Gasteiger partial charge is 0.305 e. The molecule has 2 amide bonds. The zero-order valence-corrected chi connectivity index (χ0v) is 17.4. The summed E-state index contributed by atoms with van der Waals surface area (Å²) in [5.74, 6) is 0.842. The van der Waals surface area contributed by atoms with E-state index in [1.54, 1.807) is 18.2 Å². The van der Waals surface area contributed by atoms with E-state index in [0.29, 0.717) is 49.5 Å². The number of rotatable bonds is 9. The zero-order valence-electron chi connectivity index (χ0n) is 17.4. The number of methoxy groups -OCH3 is 3.